The molecule has 1 unspecified atom stereocenters. The van der Waals surface area contributed by atoms with Crippen LogP contribution in [0.1, 0.15) is 11.8 Å². The van der Waals surface area contributed by atoms with E-state index in [1.807, 2.05) is 0 Å². The molecule has 14 heteroatoms. The van der Waals surface area contributed by atoms with Crippen LogP contribution in [0.3, 0.4) is 0 Å². The molecular weight excluding hydrogens is 488 g/mol. The average Bonchev–Trinajstić information content (AvgIpc) is 3.45. The molecular formula is C23H24N6O8. The number of nitrogen functional groups attached to an aromatic ring is 1. The zero-order chi connectivity index (χ0) is 26.3. The molecule has 1 aliphatic heterocycles. The maximum absolute atomic E-state index is 13.0. The van der Waals surface area contributed by atoms with Crippen LogP contribution >= 0.6 is 0 Å². The Morgan fingerprint density at radius 1 is 1.27 bits per heavy atom. The number of benzene rings is 1. The summed E-state index contributed by atoms with van der Waals surface area (Å²) in [7, 11) is 1.49. The number of rotatable bonds is 7. The van der Waals surface area contributed by atoms with Gasteiger partial charge in [-0.05, 0) is 24.1 Å². The van der Waals surface area contributed by atoms with Crippen molar-refractivity contribution in [2.45, 2.75) is 37.0 Å². The highest BCUT2D eigenvalue weighted by Gasteiger charge is 2.48. The van der Waals surface area contributed by atoms with Gasteiger partial charge in [0.1, 0.15) is 41.4 Å². The van der Waals surface area contributed by atoms with Gasteiger partial charge in [-0.2, -0.15) is 0 Å². The van der Waals surface area contributed by atoms with Gasteiger partial charge in [0.15, 0.2) is 23.8 Å². The zero-order valence-corrected chi connectivity index (χ0v) is 19.6. The van der Waals surface area contributed by atoms with E-state index in [1.165, 1.54) is 30.4 Å². The van der Waals surface area contributed by atoms with E-state index in [4.69, 9.17) is 30.1 Å². The number of esters is 1. The molecule has 1 saturated heterocycles. The third-order valence-corrected chi connectivity index (χ3v) is 6.19. The molecule has 4 heterocycles. The number of carbonyl (C=O) groups excluding carboxylic acids is 1. The Morgan fingerprint density at radius 3 is 2.84 bits per heavy atom. The SMILES string of the molecule is COc1ccc2c(CC(N)C(=O)O[C@@H]3[C@H](O)[C@@H](CO)O[C@H]3n3cnc4c(N)ncnc43)cc(=O)oc2c1. The van der Waals surface area contributed by atoms with Gasteiger partial charge in [-0.3, -0.25) is 9.36 Å². The summed E-state index contributed by atoms with van der Waals surface area (Å²) in [6, 6.07) is 4.99. The molecule has 0 aliphatic carbocycles. The van der Waals surface area contributed by atoms with Crippen LogP contribution in [0.2, 0.25) is 0 Å². The Kier molecular flexibility index (Phi) is 6.47. The van der Waals surface area contributed by atoms with Crippen LogP contribution in [-0.4, -0.2) is 73.8 Å². The second-order valence-electron chi connectivity index (χ2n) is 8.49. The van der Waals surface area contributed by atoms with Crippen LogP contribution in [0.5, 0.6) is 5.75 Å². The molecule has 37 heavy (non-hydrogen) atoms. The highest BCUT2D eigenvalue weighted by atomic mass is 16.6. The molecule has 1 fully saturated rings. The number of aromatic nitrogens is 4. The van der Waals surface area contributed by atoms with Crippen molar-refractivity contribution in [3.05, 3.63) is 52.9 Å². The molecule has 14 nitrogen and oxygen atoms in total. The number of aliphatic hydroxyl groups excluding tert-OH is 2. The van der Waals surface area contributed by atoms with Crippen molar-refractivity contribution in [1.82, 2.24) is 19.5 Å². The summed E-state index contributed by atoms with van der Waals surface area (Å²) in [6.45, 7) is -0.531. The maximum Gasteiger partial charge on any atom is 0.336 e. The molecule has 0 spiro atoms. The molecule has 194 valence electrons. The summed E-state index contributed by atoms with van der Waals surface area (Å²) in [5.41, 5.74) is 12.7. The van der Waals surface area contributed by atoms with Crippen LogP contribution in [0.25, 0.3) is 22.1 Å². The van der Waals surface area contributed by atoms with Gasteiger partial charge >= 0.3 is 11.6 Å². The Hall–Kier alpha value is -4.11. The van der Waals surface area contributed by atoms with E-state index in [2.05, 4.69) is 15.0 Å². The fourth-order valence-electron chi connectivity index (χ4n) is 4.32. The van der Waals surface area contributed by atoms with Crippen molar-refractivity contribution in [3.63, 3.8) is 0 Å². The monoisotopic (exact) mass is 512 g/mol. The Labute approximate surface area is 208 Å². The molecule has 4 aromatic rings. The molecule has 5 atom stereocenters. The van der Waals surface area contributed by atoms with Gasteiger partial charge in [-0.25, -0.2) is 19.7 Å². The first kappa shape index (κ1) is 24.6. The second kappa shape index (κ2) is 9.74. The summed E-state index contributed by atoms with van der Waals surface area (Å²) < 4.78 is 23.2. The third kappa shape index (κ3) is 4.46. The number of nitrogens with two attached hydrogens (primary N) is 2. The predicted molar refractivity (Wildman–Crippen MR) is 127 cm³/mol. The van der Waals surface area contributed by atoms with Crippen molar-refractivity contribution >= 4 is 33.9 Å². The number of fused-ring (bicyclic) bond motifs is 2. The lowest BCUT2D eigenvalue weighted by atomic mass is 10.0. The largest absolute Gasteiger partial charge is 0.497 e. The van der Waals surface area contributed by atoms with E-state index in [0.29, 0.717) is 22.2 Å². The standard InChI is InChI=1S/C23H24N6O8/c1-34-11-2-3-12-10(5-16(31)35-14(12)6-11)4-13(24)23(33)37-19-18(32)15(7-30)36-22(19)29-9-28-17-20(25)26-8-27-21(17)29/h2-3,5-6,8-9,13,15,18-19,22,30,32H,4,7,24H2,1H3,(H2,25,26,27)/t13?,15-,18-,19-,22-/m1/s1. The quantitative estimate of drug-likeness (QED) is 0.178. The van der Waals surface area contributed by atoms with Gasteiger partial charge in [0.25, 0.3) is 0 Å². The first-order valence-corrected chi connectivity index (χ1v) is 11.2. The first-order valence-electron chi connectivity index (χ1n) is 11.2. The lowest BCUT2D eigenvalue weighted by Crippen LogP contribution is -2.42. The minimum absolute atomic E-state index is 0.0528. The number of nitrogens with zero attached hydrogens (tertiary/aromatic N) is 4. The van der Waals surface area contributed by atoms with Crippen LogP contribution in [0.4, 0.5) is 5.82 Å². The molecule has 0 bridgehead atoms. The number of ether oxygens (including phenoxy) is 3. The van der Waals surface area contributed by atoms with Gasteiger partial charge in [0.05, 0.1) is 20.0 Å². The zero-order valence-electron chi connectivity index (χ0n) is 19.6. The molecule has 0 saturated carbocycles. The topological polar surface area (TPSA) is 211 Å². The van der Waals surface area contributed by atoms with Crippen LogP contribution in [0, 0.1) is 0 Å². The Bertz CT molecular complexity index is 1520. The van der Waals surface area contributed by atoms with E-state index in [0.717, 1.165) is 0 Å². The number of anilines is 1. The van der Waals surface area contributed by atoms with E-state index in [1.54, 1.807) is 18.2 Å². The van der Waals surface area contributed by atoms with Crippen molar-refractivity contribution in [1.29, 1.82) is 0 Å². The van der Waals surface area contributed by atoms with Gasteiger partial charge in [0, 0.05) is 17.5 Å². The number of methoxy groups -OCH3 is 1. The number of hydrogen-bond donors (Lipinski definition) is 4. The number of carbonyl (C=O) groups is 1. The van der Waals surface area contributed by atoms with Crippen LogP contribution in [0.15, 0.2) is 46.1 Å². The van der Waals surface area contributed by atoms with Crippen molar-refractivity contribution in [3.8, 4) is 5.75 Å². The van der Waals surface area contributed by atoms with Crippen molar-refractivity contribution < 1.29 is 33.6 Å². The van der Waals surface area contributed by atoms with Crippen LogP contribution in [-0.2, 0) is 20.7 Å². The second-order valence-corrected chi connectivity index (χ2v) is 8.49. The normalized spacial score (nSPS) is 22.4. The fraction of sp³-hybridized carbons (Fsp3) is 0.348. The fourth-order valence-corrected chi connectivity index (χ4v) is 4.32. The lowest BCUT2D eigenvalue weighted by molar-refractivity contribution is -0.160. The molecule has 0 radical (unpaired) electrons. The predicted octanol–water partition coefficient (Wildman–Crippen LogP) is -0.744. The Morgan fingerprint density at radius 2 is 2.08 bits per heavy atom. The Balaban J connectivity index is 1.40. The maximum atomic E-state index is 13.0. The molecule has 5 rings (SSSR count). The molecule has 1 aliphatic rings. The number of aliphatic hydroxyl groups is 2. The molecule has 0 amide bonds. The lowest BCUT2D eigenvalue weighted by Gasteiger charge is -2.23. The minimum atomic E-state index is -1.38. The van der Waals surface area contributed by atoms with E-state index in [-0.39, 0.29) is 23.5 Å². The minimum Gasteiger partial charge on any atom is -0.497 e. The van der Waals surface area contributed by atoms with Gasteiger partial charge < -0.3 is 40.3 Å². The average molecular weight is 512 g/mol. The van der Waals surface area contributed by atoms with E-state index >= 15 is 0 Å². The first-order chi connectivity index (χ1) is 17.8. The summed E-state index contributed by atoms with van der Waals surface area (Å²) in [6.07, 6.45) is -2.23. The van der Waals surface area contributed by atoms with Crippen molar-refractivity contribution in [2.24, 2.45) is 5.73 Å². The van der Waals surface area contributed by atoms with Crippen molar-refractivity contribution in [2.75, 3.05) is 19.5 Å². The molecule has 1 aromatic carbocycles. The van der Waals surface area contributed by atoms with E-state index < -0.39 is 48.8 Å². The molecule has 3 aromatic heterocycles. The molecule has 6 N–H and O–H groups in total. The highest BCUT2D eigenvalue weighted by molar-refractivity contribution is 5.83. The van der Waals surface area contributed by atoms with Gasteiger partial charge in [0.2, 0.25) is 0 Å². The van der Waals surface area contributed by atoms with Gasteiger partial charge in [-0.1, -0.05) is 0 Å². The van der Waals surface area contributed by atoms with Gasteiger partial charge in [-0.15, -0.1) is 0 Å². The summed E-state index contributed by atoms with van der Waals surface area (Å²) >= 11 is 0. The highest BCUT2D eigenvalue weighted by Crippen LogP contribution is 2.34. The summed E-state index contributed by atoms with van der Waals surface area (Å²) in [4.78, 5) is 37.3. The van der Waals surface area contributed by atoms with E-state index in [9.17, 15) is 19.8 Å². The number of hydrogen-bond acceptors (Lipinski definition) is 13. The summed E-state index contributed by atoms with van der Waals surface area (Å²) in [5.74, 6) is -0.228. The van der Waals surface area contributed by atoms with Crippen LogP contribution < -0.4 is 21.8 Å². The summed E-state index contributed by atoms with van der Waals surface area (Å²) in [5, 5.41) is 21.0. The number of imidazole rings is 1. The smallest absolute Gasteiger partial charge is 0.336 e. The third-order valence-electron chi connectivity index (χ3n) is 6.19.